The molecule has 0 heterocycles. The van der Waals surface area contributed by atoms with Gasteiger partial charge in [0.15, 0.2) is 6.29 Å². The molecule has 0 amide bonds. The van der Waals surface area contributed by atoms with Crippen molar-refractivity contribution in [3.05, 3.63) is 0 Å². The molecule has 5 nitrogen and oxygen atoms in total. The van der Waals surface area contributed by atoms with E-state index < -0.39 is 5.97 Å². The Morgan fingerprint density at radius 2 is 1.93 bits per heavy atom. The van der Waals surface area contributed by atoms with Gasteiger partial charge in [-0.05, 0) is 13.8 Å². The predicted molar refractivity (Wildman–Crippen MR) is 52.2 cm³/mol. The topological polar surface area (TPSA) is 67.8 Å². The Labute approximate surface area is 84.4 Å². The molecule has 0 saturated heterocycles. The van der Waals surface area contributed by atoms with Gasteiger partial charge < -0.3 is 19.9 Å². The Bertz CT molecular complexity index is 146. The standard InChI is InChI=1S/C9H19NO4/c1-3-13-9(14-4-2)7-10-6-5-8(11)12/h9-10H,3-7H2,1-2H3,(H,11,12). The quantitative estimate of drug-likeness (QED) is 0.422. The number of carboxylic acid groups (broad SMARTS) is 1. The first-order chi connectivity index (χ1) is 6.70. The van der Waals surface area contributed by atoms with Crippen LogP contribution in [0.15, 0.2) is 0 Å². The fraction of sp³-hybridized carbons (Fsp3) is 0.889. The minimum absolute atomic E-state index is 0.116. The molecule has 0 unspecified atom stereocenters. The van der Waals surface area contributed by atoms with Crippen molar-refractivity contribution >= 4 is 5.97 Å². The average molecular weight is 205 g/mol. The highest BCUT2D eigenvalue weighted by molar-refractivity contribution is 5.66. The largest absolute Gasteiger partial charge is 0.481 e. The summed E-state index contributed by atoms with van der Waals surface area (Å²) >= 11 is 0. The molecule has 0 aliphatic heterocycles. The zero-order valence-corrected chi connectivity index (χ0v) is 8.78. The average Bonchev–Trinajstić information content (AvgIpc) is 2.12. The fourth-order valence-electron chi connectivity index (χ4n) is 0.953. The van der Waals surface area contributed by atoms with Crippen molar-refractivity contribution in [1.29, 1.82) is 0 Å². The number of aliphatic carboxylic acids is 1. The lowest BCUT2D eigenvalue weighted by molar-refractivity contribution is -0.138. The molecule has 0 bridgehead atoms. The molecule has 0 aromatic rings. The summed E-state index contributed by atoms with van der Waals surface area (Å²) in [5.74, 6) is -0.804. The van der Waals surface area contributed by atoms with E-state index in [9.17, 15) is 4.79 Å². The molecule has 0 aliphatic rings. The summed E-state index contributed by atoms with van der Waals surface area (Å²) in [6.45, 7) is 5.92. The van der Waals surface area contributed by atoms with Gasteiger partial charge in [0.25, 0.3) is 0 Å². The smallest absolute Gasteiger partial charge is 0.304 e. The summed E-state index contributed by atoms with van der Waals surface area (Å²) in [5.41, 5.74) is 0. The van der Waals surface area contributed by atoms with E-state index in [1.54, 1.807) is 0 Å². The monoisotopic (exact) mass is 205 g/mol. The summed E-state index contributed by atoms with van der Waals surface area (Å²) in [4.78, 5) is 10.2. The molecule has 0 saturated carbocycles. The van der Waals surface area contributed by atoms with Gasteiger partial charge in [0, 0.05) is 26.3 Å². The van der Waals surface area contributed by atoms with Crippen LogP contribution >= 0.6 is 0 Å². The van der Waals surface area contributed by atoms with Gasteiger partial charge in [0.1, 0.15) is 0 Å². The number of hydrogen-bond donors (Lipinski definition) is 2. The molecule has 0 aromatic heterocycles. The van der Waals surface area contributed by atoms with Crippen molar-refractivity contribution in [2.45, 2.75) is 26.6 Å². The summed E-state index contributed by atoms with van der Waals surface area (Å²) in [7, 11) is 0. The molecule has 0 atom stereocenters. The van der Waals surface area contributed by atoms with Gasteiger partial charge >= 0.3 is 5.97 Å². The highest BCUT2D eigenvalue weighted by Crippen LogP contribution is 1.93. The zero-order chi connectivity index (χ0) is 10.8. The molecule has 0 radical (unpaired) electrons. The van der Waals surface area contributed by atoms with Crippen LogP contribution in [0.4, 0.5) is 0 Å². The molecule has 84 valence electrons. The second-order valence-corrected chi connectivity index (χ2v) is 2.69. The SMILES string of the molecule is CCOC(CNCCC(=O)O)OCC. The Morgan fingerprint density at radius 3 is 2.36 bits per heavy atom. The first-order valence-corrected chi connectivity index (χ1v) is 4.86. The number of carboxylic acids is 1. The summed E-state index contributed by atoms with van der Waals surface area (Å²) in [6, 6.07) is 0. The number of nitrogens with one attached hydrogen (secondary N) is 1. The van der Waals surface area contributed by atoms with Crippen molar-refractivity contribution in [1.82, 2.24) is 5.32 Å². The molecule has 0 fully saturated rings. The highest BCUT2D eigenvalue weighted by atomic mass is 16.7. The lowest BCUT2D eigenvalue weighted by atomic mass is 10.4. The number of rotatable bonds is 9. The lowest BCUT2D eigenvalue weighted by Crippen LogP contribution is -2.32. The molecular formula is C9H19NO4. The minimum atomic E-state index is -0.804. The van der Waals surface area contributed by atoms with Crippen molar-refractivity contribution in [2.75, 3.05) is 26.3 Å². The highest BCUT2D eigenvalue weighted by Gasteiger charge is 2.06. The molecule has 14 heavy (non-hydrogen) atoms. The summed E-state index contributed by atoms with van der Waals surface area (Å²) in [5, 5.41) is 11.3. The maximum Gasteiger partial charge on any atom is 0.304 e. The molecule has 0 aliphatic carbocycles. The normalized spacial score (nSPS) is 10.8. The number of hydrogen-bond acceptors (Lipinski definition) is 4. The van der Waals surface area contributed by atoms with Gasteiger partial charge in [-0.15, -0.1) is 0 Å². The molecule has 5 heteroatoms. The van der Waals surface area contributed by atoms with Crippen LogP contribution < -0.4 is 5.32 Å². The van der Waals surface area contributed by atoms with E-state index in [1.807, 2.05) is 13.8 Å². The number of ether oxygens (including phenoxy) is 2. The Morgan fingerprint density at radius 1 is 1.36 bits per heavy atom. The first-order valence-electron chi connectivity index (χ1n) is 4.86. The van der Waals surface area contributed by atoms with Gasteiger partial charge in [-0.1, -0.05) is 0 Å². The Kier molecular flexibility index (Phi) is 8.51. The van der Waals surface area contributed by atoms with Crippen LogP contribution in [0.3, 0.4) is 0 Å². The lowest BCUT2D eigenvalue weighted by Gasteiger charge is -2.16. The van der Waals surface area contributed by atoms with E-state index in [4.69, 9.17) is 14.6 Å². The van der Waals surface area contributed by atoms with Crippen LogP contribution in [0.1, 0.15) is 20.3 Å². The summed E-state index contributed by atoms with van der Waals surface area (Å²) < 4.78 is 10.5. The van der Waals surface area contributed by atoms with Gasteiger partial charge in [0.2, 0.25) is 0 Å². The summed E-state index contributed by atoms with van der Waals surface area (Å²) in [6.07, 6.45) is -0.163. The van der Waals surface area contributed by atoms with Gasteiger partial charge in [-0.25, -0.2) is 0 Å². The zero-order valence-electron chi connectivity index (χ0n) is 8.78. The van der Waals surface area contributed by atoms with E-state index in [1.165, 1.54) is 0 Å². The first kappa shape index (κ1) is 13.4. The van der Waals surface area contributed by atoms with Crippen molar-refractivity contribution in [3.63, 3.8) is 0 Å². The van der Waals surface area contributed by atoms with Crippen molar-refractivity contribution in [2.24, 2.45) is 0 Å². The van der Waals surface area contributed by atoms with E-state index in [-0.39, 0.29) is 12.7 Å². The van der Waals surface area contributed by atoms with Crippen LogP contribution in [0.25, 0.3) is 0 Å². The third-order valence-electron chi connectivity index (χ3n) is 1.53. The second-order valence-electron chi connectivity index (χ2n) is 2.69. The molecule has 0 rings (SSSR count). The Hall–Kier alpha value is -0.650. The Balaban J connectivity index is 3.44. The van der Waals surface area contributed by atoms with Gasteiger partial charge in [0.05, 0.1) is 6.42 Å². The van der Waals surface area contributed by atoms with Crippen LogP contribution in [0, 0.1) is 0 Å². The maximum atomic E-state index is 10.2. The van der Waals surface area contributed by atoms with Gasteiger partial charge in [-0.3, -0.25) is 4.79 Å². The fourth-order valence-corrected chi connectivity index (χ4v) is 0.953. The van der Waals surface area contributed by atoms with Crippen LogP contribution in [-0.4, -0.2) is 43.7 Å². The molecule has 2 N–H and O–H groups in total. The van der Waals surface area contributed by atoms with Crippen molar-refractivity contribution < 1.29 is 19.4 Å². The minimum Gasteiger partial charge on any atom is -0.481 e. The second kappa shape index (κ2) is 8.93. The maximum absolute atomic E-state index is 10.2. The number of carbonyl (C=O) groups is 1. The van der Waals surface area contributed by atoms with E-state index in [0.29, 0.717) is 26.3 Å². The van der Waals surface area contributed by atoms with E-state index in [0.717, 1.165) is 0 Å². The van der Waals surface area contributed by atoms with Gasteiger partial charge in [-0.2, -0.15) is 0 Å². The molecular weight excluding hydrogens is 186 g/mol. The third-order valence-corrected chi connectivity index (χ3v) is 1.53. The van der Waals surface area contributed by atoms with Crippen LogP contribution in [0.5, 0.6) is 0 Å². The van der Waals surface area contributed by atoms with E-state index in [2.05, 4.69) is 5.32 Å². The predicted octanol–water partition coefficient (Wildman–Crippen LogP) is 0.450. The van der Waals surface area contributed by atoms with Crippen LogP contribution in [0.2, 0.25) is 0 Å². The molecule has 0 aromatic carbocycles. The third kappa shape index (κ3) is 7.97. The van der Waals surface area contributed by atoms with Crippen LogP contribution in [-0.2, 0) is 14.3 Å². The van der Waals surface area contributed by atoms with Crippen molar-refractivity contribution in [3.8, 4) is 0 Å². The van der Waals surface area contributed by atoms with E-state index >= 15 is 0 Å². The molecule has 0 spiro atoms.